The van der Waals surface area contributed by atoms with E-state index in [-0.39, 0.29) is 0 Å². The van der Waals surface area contributed by atoms with E-state index in [0.717, 1.165) is 12.5 Å². The lowest BCUT2D eigenvalue weighted by molar-refractivity contribution is 0.395. The predicted octanol–water partition coefficient (Wildman–Crippen LogP) is 4.78. The zero-order valence-electron chi connectivity index (χ0n) is 12.7. The van der Waals surface area contributed by atoms with Gasteiger partial charge in [0.2, 0.25) is 0 Å². The van der Waals surface area contributed by atoms with Crippen LogP contribution in [0.2, 0.25) is 0 Å². The molecule has 0 saturated heterocycles. The first-order chi connectivity index (χ1) is 8.56. The molecule has 1 aromatic carbocycles. The Morgan fingerprint density at radius 3 is 2.17 bits per heavy atom. The molecular formula is C17H29N. The van der Waals surface area contributed by atoms with Crippen LogP contribution in [0.4, 0.5) is 0 Å². The van der Waals surface area contributed by atoms with E-state index in [2.05, 4.69) is 58.1 Å². The normalized spacial score (nSPS) is 14.5. The molecule has 1 nitrogen and oxygen atoms in total. The van der Waals surface area contributed by atoms with E-state index in [1.54, 1.807) is 0 Å². The van der Waals surface area contributed by atoms with E-state index in [1.807, 2.05) is 0 Å². The Morgan fingerprint density at radius 2 is 1.67 bits per heavy atom. The molecule has 0 fully saturated rings. The van der Waals surface area contributed by atoms with Gasteiger partial charge < -0.3 is 5.32 Å². The first-order valence-electron chi connectivity index (χ1n) is 7.38. The maximum Gasteiger partial charge on any atom is 0.0322 e. The fourth-order valence-corrected chi connectivity index (χ4v) is 2.81. The van der Waals surface area contributed by atoms with Crippen molar-refractivity contribution in [2.45, 2.75) is 59.9 Å². The van der Waals surface area contributed by atoms with E-state index in [9.17, 15) is 0 Å². The molecule has 0 saturated carbocycles. The van der Waals surface area contributed by atoms with E-state index in [4.69, 9.17) is 0 Å². The quantitative estimate of drug-likeness (QED) is 0.731. The molecule has 0 bridgehead atoms. The summed E-state index contributed by atoms with van der Waals surface area (Å²) in [6.45, 7) is 12.3. The largest absolute Gasteiger partial charge is 0.310 e. The Kier molecular flexibility index (Phi) is 6.42. The molecule has 0 aromatic heterocycles. The van der Waals surface area contributed by atoms with Gasteiger partial charge in [0, 0.05) is 6.04 Å². The number of aryl methyl sites for hydroxylation is 2. The summed E-state index contributed by atoms with van der Waals surface area (Å²) in [6.07, 6.45) is 3.85. The van der Waals surface area contributed by atoms with Crippen molar-refractivity contribution in [1.82, 2.24) is 5.32 Å². The summed E-state index contributed by atoms with van der Waals surface area (Å²) < 4.78 is 0. The number of hydrogen-bond donors (Lipinski definition) is 1. The van der Waals surface area contributed by atoms with Crippen molar-refractivity contribution in [3.8, 4) is 0 Å². The van der Waals surface area contributed by atoms with Crippen molar-refractivity contribution in [1.29, 1.82) is 0 Å². The van der Waals surface area contributed by atoms with E-state index in [1.165, 1.54) is 36.0 Å². The molecule has 2 unspecified atom stereocenters. The van der Waals surface area contributed by atoms with Crippen LogP contribution in [-0.4, -0.2) is 6.54 Å². The molecule has 0 radical (unpaired) electrons. The molecule has 1 aromatic rings. The highest BCUT2D eigenvalue weighted by Crippen LogP contribution is 2.25. The predicted molar refractivity (Wildman–Crippen MR) is 81.0 cm³/mol. The number of rotatable bonds is 7. The molecular weight excluding hydrogens is 218 g/mol. The van der Waals surface area contributed by atoms with Crippen LogP contribution in [0, 0.1) is 19.8 Å². The lowest BCUT2D eigenvalue weighted by Crippen LogP contribution is -2.23. The van der Waals surface area contributed by atoms with Gasteiger partial charge in [-0.25, -0.2) is 0 Å². The second kappa shape index (κ2) is 7.58. The van der Waals surface area contributed by atoms with Crippen molar-refractivity contribution < 1.29 is 0 Å². The molecule has 0 aliphatic carbocycles. The van der Waals surface area contributed by atoms with Crippen LogP contribution in [0.1, 0.15) is 62.8 Å². The van der Waals surface area contributed by atoms with Crippen molar-refractivity contribution in [3.05, 3.63) is 34.9 Å². The summed E-state index contributed by atoms with van der Waals surface area (Å²) in [7, 11) is 0. The zero-order valence-corrected chi connectivity index (χ0v) is 12.7. The summed E-state index contributed by atoms with van der Waals surface area (Å²) in [5.41, 5.74) is 4.20. The molecule has 0 spiro atoms. The van der Waals surface area contributed by atoms with Gasteiger partial charge in [0.15, 0.2) is 0 Å². The number of nitrogens with one attached hydrogen (secondary N) is 1. The van der Waals surface area contributed by atoms with E-state index >= 15 is 0 Å². The van der Waals surface area contributed by atoms with Gasteiger partial charge in [-0.1, -0.05) is 62.9 Å². The topological polar surface area (TPSA) is 12.0 Å². The second-order valence-electron chi connectivity index (χ2n) is 5.66. The van der Waals surface area contributed by atoms with Gasteiger partial charge in [0.25, 0.3) is 0 Å². The van der Waals surface area contributed by atoms with Gasteiger partial charge in [-0.2, -0.15) is 0 Å². The molecule has 1 rings (SSSR count). The van der Waals surface area contributed by atoms with Gasteiger partial charge in [-0.15, -0.1) is 0 Å². The number of hydrogen-bond acceptors (Lipinski definition) is 1. The standard InChI is InChI=1S/C17H29N/c1-6-8-13(3)12-17(18-7-2)16-10-14(4)9-15(5)11-16/h9-11,13,17-18H,6-8,12H2,1-5H3. The minimum absolute atomic E-state index is 0.509. The summed E-state index contributed by atoms with van der Waals surface area (Å²) in [4.78, 5) is 0. The van der Waals surface area contributed by atoms with Crippen LogP contribution in [0.5, 0.6) is 0 Å². The zero-order chi connectivity index (χ0) is 13.5. The Bertz CT molecular complexity index is 336. The van der Waals surface area contributed by atoms with E-state index in [0.29, 0.717) is 6.04 Å². The minimum Gasteiger partial charge on any atom is -0.310 e. The highest BCUT2D eigenvalue weighted by atomic mass is 14.9. The highest BCUT2D eigenvalue weighted by molar-refractivity contribution is 5.30. The molecule has 0 heterocycles. The Hall–Kier alpha value is -0.820. The average Bonchev–Trinajstić information content (AvgIpc) is 2.27. The van der Waals surface area contributed by atoms with Crippen LogP contribution in [-0.2, 0) is 0 Å². The third kappa shape index (κ3) is 4.81. The maximum atomic E-state index is 3.64. The highest BCUT2D eigenvalue weighted by Gasteiger charge is 2.14. The summed E-state index contributed by atoms with van der Waals surface area (Å²) in [6, 6.07) is 7.43. The van der Waals surface area contributed by atoms with Crippen LogP contribution >= 0.6 is 0 Å². The van der Waals surface area contributed by atoms with Gasteiger partial charge in [-0.3, -0.25) is 0 Å². The molecule has 102 valence electrons. The minimum atomic E-state index is 0.509. The second-order valence-corrected chi connectivity index (χ2v) is 5.66. The van der Waals surface area contributed by atoms with Gasteiger partial charge >= 0.3 is 0 Å². The van der Waals surface area contributed by atoms with Crippen molar-refractivity contribution in [3.63, 3.8) is 0 Å². The molecule has 0 aliphatic rings. The molecule has 2 atom stereocenters. The molecule has 0 aliphatic heterocycles. The fourth-order valence-electron chi connectivity index (χ4n) is 2.81. The van der Waals surface area contributed by atoms with Crippen LogP contribution in [0.25, 0.3) is 0 Å². The maximum absolute atomic E-state index is 3.64. The Balaban J connectivity index is 2.82. The SMILES string of the molecule is CCCC(C)CC(NCC)c1cc(C)cc(C)c1. The molecule has 1 heteroatoms. The van der Waals surface area contributed by atoms with Crippen LogP contribution in [0.15, 0.2) is 18.2 Å². The number of benzene rings is 1. The molecule has 0 amide bonds. The third-order valence-corrected chi connectivity index (χ3v) is 3.52. The summed E-state index contributed by atoms with van der Waals surface area (Å²) in [5.74, 6) is 0.792. The van der Waals surface area contributed by atoms with Crippen LogP contribution in [0.3, 0.4) is 0 Å². The first kappa shape index (κ1) is 15.2. The average molecular weight is 247 g/mol. The van der Waals surface area contributed by atoms with E-state index < -0.39 is 0 Å². The van der Waals surface area contributed by atoms with Gasteiger partial charge in [0.05, 0.1) is 0 Å². The lowest BCUT2D eigenvalue weighted by Gasteiger charge is -2.23. The summed E-state index contributed by atoms with van der Waals surface area (Å²) in [5, 5.41) is 3.64. The van der Waals surface area contributed by atoms with Gasteiger partial charge in [-0.05, 0) is 38.3 Å². The molecule has 1 N–H and O–H groups in total. The lowest BCUT2D eigenvalue weighted by atomic mass is 9.91. The van der Waals surface area contributed by atoms with Crippen LogP contribution < -0.4 is 5.32 Å². The third-order valence-electron chi connectivity index (χ3n) is 3.52. The Labute approximate surface area is 113 Å². The molecule has 18 heavy (non-hydrogen) atoms. The first-order valence-corrected chi connectivity index (χ1v) is 7.38. The van der Waals surface area contributed by atoms with Crippen molar-refractivity contribution in [2.24, 2.45) is 5.92 Å². The Morgan fingerprint density at radius 1 is 1.06 bits per heavy atom. The fraction of sp³-hybridized carbons (Fsp3) is 0.647. The van der Waals surface area contributed by atoms with Crippen molar-refractivity contribution in [2.75, 3.05) is 6.54 Å². The van der Waals surface area contributed by atoms with Gasteiger partial charge in [0.1, 0.15) is 0 Å². The monoisotopic (exact) mass is 247 g/mol. The van der Waals surface area contributed by atoms with Crippen molar-refractivity contribution >= 4 is 0 Å². The smallest absolute Gasteiger partial charge is 0.0322 e. The summed E-state index contributed by atoms with van der Waals surface area (Å²) >= 11 is 0.